The summed E-state index contributed by atoms with van der Waals surface area (Å²) in [5.41, 5.74) is 6.64. The standard InChI is InChI=1S/C13H19BrN2O2/c1-16-7-8(6-15)3-11(16)9-4-13(18-2)10(14)5-12(9)17/h4-5,8,11,17H,3,6-7,15H2,1-2H3. The maximum atomic E-state index is 10.1. The smallest absolute Gasteiger partial charge is 0.133 e. The number of methoxy groups -OCH3 is 1. The number of rotatable bonds is 3. The predicted molar refractivity (Wildman–Crippen MR) is 74.9 cm³/mol. The van der Waals surface area contributed by atoms with Crippen LogP contribution in [0.1, 0.15) is 18.0 Å². The van der Waals surface area contributed by atoms with E-state index in [9.17, 15) is 5.11 Å². The highest BCUT2D eigenvalue weighted by molar-refractivity contribution is 9.10. The van der Waals surface area contributed by atoms with Crippen LogP contribution >= 0.6 is 15.9 Å². The van der Waals surface area contributed by atoms with Crippen LogP contribution in [0.4, 0.5) is 0 Å². The molecule has 1 aromatic carbocycles. The second kappa shape index (κ2) is 5.47. The van der Waals surface area contributed by atoms with Crippen molar-refractivity contribution >= 4 is 15.9 Å². The third-order valence-electron chi connectivity index (χ3n) is 3.63. The molecule has 5 heteroatoms. The normalized spacial score (nSPS) is 24.4. The monoisotopic (exact) mass is 314 g/mol. The van der Waals surface area contributed by atoms with Crippen molar-refractivity contribution in [1.82, 2.24) is 4.90 Å². The van der Waals surface area contributed by atoms with Gasteiger partial charge in [0.25, 0.3) is 0 Å². The minimum absolute atomic E-state index is 0.209. The fraction of sp³-hybridized carbons (Fsp3) is 0.538. The van der Waals surface area contributed by atoms with Crippen molar-refractivity contribution in [3.8, 4) is 11.5 Å². The Bertz CT molecular complexity index is 439. The largest absolute Gasteiger partial charge is 0.508 e. The highest BCUT2D eigenvalue weighted by Gasteiger charge is 2.31. The summed E-state index contributed by atoms with van der Waals surface area (Å²) in [6.45, 7) is 1.66. The van der Waals surface area contributed by atoms with E-state index in [4.69, 9.17) is 10.5 Å². The minimum Gasteiger partial charge on any atom is -0.508 e. The van der Waals surface area contributed by atoms with E-state index in [1.807, 2.05) is 6.07 Å². The molecule has 0 amide bonds. The molecule has 0 aromatic heterocycles. The van der Waals surface area contributed by atoms with E-state index in [-0.39, 0.29) is 6.04 Å². The maximum Gasteiger partial charge on any atom is 0.133 e. The summed E-state index contributed by atoms with van der Waals surface area (Å²) in [6.07, 6.45) is 0.978. The third-order valence-corrected chi connectivity index (χ3v) is 4.25. The van der Waals surface area contributed by atoms with E-state index < -0.39 is 0 Å². The van der Waals surface area contributed by atoms with Gasteiger partial charge in [-0.2, -0.15) is 0 Å². The van der Waals surface area contributed by atoms with Gasteiger partial charge < -0.3 is 15.6 Å². The Labute approximate surface area is 116 Å². The number of likely N-dealkylation sites (tertiary alicyclic amines) is 1. The van der Waals surface area contributed by atoms with E-state index in [1.54, 1.807) is 13.2 Å². The van der Waals surface area contributed by atoms with Gasteiger partial charge in [-0.3, -0.25) is 4.90 Å². The number of hydrogen-bond acceptors (Lipinski definition) is 4. The summed E-state index contributed by atoms with van der Waals surface area (Å²) in [7, 11) is 3.69. The first-order chi connectivity index (χ1) is 8.56. The van der Waals surface area contributed by atoms with Gasteiger partial charge in [-0.15, -0.1) is 0 Å². The van der Waals surface area contributed by atoms with Crippen molar-refractivity contribution in [2.24, 2.45) is 11.7 Å². The number of halogens is 1. The van der Waals surface area contributed by atoms with E-state index in [0.717, 1.165) is 28.8 Å². The molecule has 1 aliphatic rings. The molecule has 0 saturated carbocycles. The summed E-state index contributed by atoms with van der Waals surface area (Å²) in [5, 5.41) is 10.1. The van der Waals surface area contributed by atoms with Crippen LogP contribution in [0.3, 0.4) is 0 Å². The molecule has 0 aliphatic carbocycles. The zero-order valence-corrected chi connectivity index (χ0v) is 12.3. The number of hydrogen-bond donors (Lipinski definition) is 2. The number of nitrogens with two attached hydrogens (primary N) is 1. The molecule has 0 bridgehead atoms. The van der Waals surface area contributed by atoms with Crippen LogP contribution in [0.15, 0.2) is 16.6 Å². The highest BCUT2D eigenvalue weighted by atomic mass is 79.9. The van der Waals surface area contributed by atoms with Gasteiger partial charge >= 0.3 is 0 Å². The summed E-state index contributed by atoms with van der Waals surface area (Å²) in [5.74, 6) is 1.54. The van der Waals surface area contributed by atoms with E-state index in [2.05, 4.69) is 27.9 Å². The quantitative estimate of drug-likeness (QED) is 0.897. The average Bonchev–Trinajstić information content (AvgIpc) is 2.71. The van der Waals surface area contributed by atoms with Gasteiger partial charge in [-0.05, 0) is 54.0 Å². The van der Waals surface area contributed by atoms with Gasteiger partial charge in [0.05, 0.1) is 11.6 Å². The Morgan fingerprint density at radius 3 is 2.83 bits per heavy atom. The van der Waals surface area contributed by atoms with Gasteiger partial charge in [0, 0.05) is 18.2 Å². The van der Waals surface area contributed by atoms with E-state index in [1.165, 1.54) is 0 Å². The van der Waals surface area contributed by atoms with E-state index in [0.29, 0.717) is 18.2 Å². The first-order valence-electron chi connectivity index (χ1n) is 6.03. The van der Waals surface area contributed by atoms with Crippen LogP contribution in [-0.2, 0) is 0 Å². The minimum atomic E-state index is 0.209. The van der Waals surface area contributed by atoms with Gasteiger partial charge in [-0.1, -0.05) is 0 Å². The van der Waals surface area contributed by atoms with Gasteiger partial charge in [0.15, 0.2) is 0 Å². The molecule has 1 heterocycles. The number of nitrogens with zero attached hydrogens (tertiary/aromatic N) is 1. The molecule has 3 N–H and O–H groups in total. The summed E-state index contributed by atoms with van der Waals surface area (Å²) >= 11 is 3.37. The molecule has 18 heavy (non-hydrogen) atoms. The Kier molecular flexibility index (Phi) is 4.14. The van der Waals surface area contributed by atoms with Gasteiger partial charge in [0.2, 0.25) is 0 Å². The molecule has 2 unspecified atom stereocenters. The lowest BCUT2D eigenvalue weighted by molar-refractivity contribution is 0.304. The second-order valence-corrected chi connectivity index (χ2v) is 5.69. The predicted octanol–water partition coefficient (Wildman–Crippen LogP) is 2.11. The Morgan fingerprint density at radius 1 is 1.56 bits per heavy atom. The third kappa shape index (κ3) is 2.48. The van der Waals surface area contributed by atoms with Crippen LogP contribution in [0.25, 0.3) is 0 Å². The molecular weight excluding hydrogens is 296 g/mol. The summed E-state index contributed by atoms with van der Waals surface area (Å²) in [6, 6.07) is 3.80. The van der Waals surface area contributed by atoms with Gasteiger partial charge in [-0.25, -0.2) is 0 Å². The summed E-state index contributed by atoms with van der Waals surface area (Å²) in [4.78, 5) is 2.24. The van der Waals surface area contributed by atoms with Crippen LogP contribution in [0.5, 0.6) is 11.5 Å². The molecule has 2 atom stereocenters. The molecule has 2 rings (SSSR count). The fourth-order valence-electron chi connectivity index (χ4n) is 2.62. The number of ether oxygens (including phenoxy) is 1. The number of benzene rings is 1. The molecule has 1 aliphatic heterocycles. The molecule has 0 radical (unpaired) electrons. The highest BCUT2D eigenvalue weighted by Crippen LogP contribution is 2.41. The number of aromatic hydroxyl groups is 1. The lowest BCUT2D eigenvalue weighted by atomic mass is 9.99. The SMILES string of the molecule is COc1cc(C2CC(CN)CN2C)c(O)cc1Br. The molecule has 4 nitrogen and oxygen atoms in total. The molecule has 0 spiro atoms. The average molecular weight is 315 g/mol. The zero-order valence-electron chi connectivity index (χ0n) is 10.7. The van der Waals surface area contributed by atoms with Crippen LogP contribution < -0.4 is 10.5 Å². The maximum absolute atomic E-state index is 10.1. The first kappa shape index (κ1) is 13.6. The van der Waals surface area contributed by atoms with Crippen LogP contribution in [0, 0.1) is 5.92 Å². The number of phenolic OH excluding ortho intramolecular Hbond substituents is 1. The molecule has 100 valence electrons. The van der Waals surface area contributed by atoms with Crippen molar-refractivity contribution in [1.29, 1.82) is 0 Å². The van der Waals surface area contributed by atoms with Crippen LogP contribution in [0.2, 0.25) is 0 Å². The zero-order chi connectivity index (χ0) is 13.3. The van der Waals surface area contributed by atoms with Crippen LogP contribution in [-0.4, -0.2) is 37.3 Å². The lowest BCUT2D eigenvalue weighted by Gasteiger charge is -2.21. The Morgan fingerprint density at radius 2 is 2.28 bits per heavy atom. The molecule has 1 fully saturated rings. The number of phenols is 1. The van der Waals surface area contributed by atoms with Crippen molar-refractivity contribution in [3.05, 3.63) is 22.2 Å². The topological polar surface area (TPSA) is 58.7 Å². The summed E-state index contributed by atoms with van der Waals surface area (Å²) < 4.78 is 6.05. The molecule has 1 aromatic rings. The van der Waals surface area contributed by atoms with Crippen molar-refractivity contribution in [2.45, 2.75) is 12.5 Å². The first-order valence-corrected chi connectivity index (χ1v) is 6.82. The molecule has 1 saturated heterocycles. The van der Waals surface area contributed by atoms with E-state index >= 15 is 0 Å². The van der Waals surface area contributed by atoms with Crippen molar-refractivity contribution in [3.63, 3.8) is 0 Å². The second-order valence-electron chi connectivity index (χ2n) is 4.84. The van der Waals surface area contributed by atoms with Crippen molar-refractivity contribution < 1.29 is 9.84 Å². The Balaban J connectivity index is 2.33. The van der Waals surface area contributed by atoms with Crippen molar-refractivity contribution in [2.75, 3.05) is 27.2 Å². The fourth-order valence-corrected chi connectivity index (χ4v) is 3.11. The molecular formula is C13H19BrN2O2. The lowest BCUT2D eigenvalue weighted by Crippen LogP contribution is -2.20. The Hall–Kier alpha value is -0.780. The van der Waals surface area contributed by atoms with Gasteiger partial charge in [0.1, 0.15) is 11.5 Å².